The molecule has 0 amide bonds. The van der Waals surface area contributed by atoms with E-state index in [2.05, 4.69) is 81.8 Å². The summed E-state index contributed by atoms with van der Waals surface area (Å²) in [4.78, 5) is 0. The highest BCUT2D eigenvalue weighted by atomic mass is 79.9. The fraction of sp³-hybridized carbons (Fsp3) is 0.375. The summed E-state index contributed by atoms with van der Waals surface area (Å²) in [5.74, 6) is 3.37. The van der Waals surface area contributed by atoms with Crippen LogP contribution in [0.15, 0.2) is 59.1 Å². The Balaban J connectivity index is 1.73. The van der Waals surface area contributed by atoms with Gasteiger partial charge in [-0.2, -0.15) is 0 Å². The number of ether oxygens (including phenoxy) is 4. The highest BCUT2D eigenvalue weighted by Gasteiger charge is 2.48. The summed E-state index contributed by atoms with van der Waals surface area (Å²) in [6.45, 7) is 14.3. The molecule has 3 aromatic rings. The molecule has 0 saturated heterocycles. The van der Waals surface area contributed by atoms with Crippen molar-refractivity contribution in [3.8, 4) is 28.7 Å². The molecular weight excluding hydrogens is 572 g/mol. The summed E-state index contributed by atoms with van der Waals surface area (Å²) in [5.41, 5.74) is 4.21. The third-order valence-electron chi connectivity index (χ3n) is 7.46. The van der Waals surface area contributed by atoms with Crippen molar-refractivity contribution in [2.24, 2.45) is 0 Å². The molecule has 0 unspecified atom stereocenters. The molecule has 0 aliphatic carbocycles. The minimum absolute atomic E-state index is 0.140. The van der Waals surface area contributed by atoms with Crippen molar-refractivity contribution in [2.75, 3.05) is 13.9 Å². The van der Waals surface area contributed by atoms with Crippen molar-refractivity contribution >= 4 is 36.4 Å². The quantitative estimate of drug-likeness (QED) is 0.160. The van der Waals surface area contributed by atoms with Gasteiger partial charge in [-0.15, -0.1) is 0 Å². The number of hydrogen-bond acceptors (Lipinski definition) is 5. The maximum Gasteiger partial charge on any atom is 0.258 e. The molecule has 0 N–H and O–H groups in total. The zero-order valence-electron chi connectivity index (χ0n) is 23.9. The fourth-order valence-electron chi connectivity index (χ4n) is 5.60. The van der Waals surface area contributed by atoms with Gasteiger partial charge in [-0.1, -0.05) is 100.0 Å². The van der Waals surface area contributed by atoms with Crippen LogP contribution in [0, 0.1) is 0 Å². The Morgan fingerprint density at radius 3 is 2.13 bits per heavy atom. The molecule has 0 bridgehead atoms. The second-order valence-corrected chi connectivity index (χ2v) is 17.0. The topological polar surface area (TPSA) is 46.2 Å². The van der Waals surface area contributed by atoms with E-state index in [1.54, 1.807) is 7.11 Å². The van der Waals surface area contributed by atoms with Crippen LogP contribution < -0.4 is 23.4 Å². The number of rotatable bonds is 11. The van der Waals surface area contributed by atoms with Gasteiger partial charge in [0.1, 0.15) is 12.4 Å². The maximum absolute atomic E-state index is 7.18. The van der Waals surface area contributed by atoms with Crippen LogP contribution in [0.3, 0.4) is 0 Å². The molecular formula is C32H39BrO5Si. The van der Waals surface area contributed by atoms with Gasteiger partial charge in [0.05, 0.1) is 7.11 Å². The lowest BCUT2D eigenvalue weighted by atomic mass is 10.1. The summed E-state index contributed by atoms with van der Waals surface area (Å²) in [7, 11) is -0.637. The van der Waals surface area contributed by atoms with E-state index in [1.807, 2.05) is 42.5 Å². The van der Waals surface area contributed by atoms with Gasteiger partial charge < -0.3 is 23.4 Å². The first-order valence-electron chi connectivity index (χ1n) is 13.5. The number of fused-ring (bicyclic) bond motifs is 1. The van der Waals surface area contributed by atoms with Gasteiger partial charge in [-0.05, 0) is 52.0 Å². The molecule has 39 heavy (non-hydrogen) atoms. The number of methoxy groups -OCH3 is 1. The summed E-state index contributed by atoms with van der Waals surface area (Å²) < 4.78 is 31.7. The number of halogens is 1. The Hall–Kier alpha value is -2.90. The van der Waals surface area contributed by atoms with E-state index in [-0.39, 0.29) is 6.79 Å². The third-order valence-corrected chi connectivity index (χ3v) is 14.1. The Labute approximate surface area is 242 Å². The van der Waals surface area contributed by atoms with Crippen LogP contribution in [0.5, 0.6) is 28.7 Å². The predicted molar refractivity (Wildman–Crippen MR) is 165 cm³/mol. The highest BCUT2D eigenvalue weighted by molar-refractivity contribution is 9.10. The van der Waals surface area contributed by atoms with E-state index in [0.29, 0.717) is 40.5 Å². The standard InChI is InChI=1S/C32H39BrO5Si/c1-21(2)39(22(3)4,23(5)6)38-30-26(18-29(34-7)31-32(30)37-20-36-31)14-13-25-17-27(15-16-28(25)33)35-19-24-11-9-8-10-12-24/h8-18,21-23H,19-20H2,1-7H3/b14-13+. The van der Waals surface area contributed by atoms with E-state index in [4.69, 9.17) is 23.4 Å². The molecule has 208 valence electrons. The van der Waals surface area contributed by atoms with Crippen LogP contribution in [-0.4, -0.2) is 22.2 Å². The average molecular weight is 612 g/mol. The van der Waals surface area contributed by atoms with Crippen molar-refractivity contribution in [1.82, 2.24) is 0 Å². The molecule has 0 atom stereocenters. The molecule has 0 aromatic heterocycles. The lowest BCUT2D eigenvalue weighted by Crippen LogP contribution is -2.50. The van der Waals surface area contributed by atoms with Gasteiger partial charge in [0, 0.05) is 10.0 Å². The van der Waals surface area contributed by atoms with Crippen molar-refractivity contribution < 1.29 is 23.4 Å². The van der Waals surface area contributed by atoms with E-state index in [0.717, 1.165) is 32.7 Å². The van der Waals surface area contributed by atoms with Crippen molar-refractivity contribution in [1.29, 1.82) is 0 Å². The van der Waals surface area contributed by atoms with Crippen LogP contribution in [0.4, 0.5) is 0 Å². The molecule has 1 heterocycles. The largest absolute Gasteiger partial charge is 0.540 e. The van der Waals surface area contributed by atoms with Gasteiger partial charge in [-0.25, -0.2) is 0 Å². The van der Waals surface area contributed by atoms with Gasteiger partial charge in [0.15, 0.2) is 11.5 Å². The molecule has 4 rings (SSSR count). The van der Waals surface area contributed by atoms with Gasteiger partial charge in [0.25, 0.3) is 8.32 Å². The van der Waals surface area contributed by atoms with Crippen molar-refractivity contribution in [3.63, 3.8) is 0 Å². The summed E-state index contributed by atoms with van der Waals surface area (Å²) in [5, 5.41) is 0. The number of benzene rings is 3. The molecule has 0 saturated carbocycles. The zero-order valence-corrected chi connectivity index (χ0v) is 26.5. The van der Waals surface area contributed by atoms with Crippen LogP contribution in [0.2, 0.25) is 16.6 Å². The molecule has 7 heteroatoms. The zero-order chi connectivity index (χ0) is 28.2. The molecule has 1 aliphatic rings. The average Bonchev–Trinajstić information content (AvgIpc) is 3.40. The Morgan fingerprint density at radius 2 is 1.49 bits per heavy atom. The fourth-order valence-corrected chi connectivity index (χ4v) is 11.3. The van der Waals surface area contributed by atoms with Gasteiger partial charge in [0.2, 0.25) is 18.3 Å². The maximum atomic E-state index is 7.18. The van der Waals surface area contributed by atoms with Gasteiger partial charge in [-0.3, -0.25) is 0 Å². The minimum atomic E-state index is -2.28. The van der Waals surface area contributed by atoms with Crippen molar-refractivity contribution in [2.45, 2.75) is 64.8 Å². The Morgan fingerprint density at radius 1 is 0.846 bits per heavy atom. The van der Waals surface area contributed by atoms with E-state index < -0.39 is 8.32 Å². The first-order valence-corrected chi connectivity index (χ1v) is 16.4. The first-order chi connectivity index (χ1) is 18.7. The molecule has 0 fully saturated rings. The first kappa shape index (κ1) is 29.1. The molecule has 3 aromatic carbocycles. The number of hydrogen-bond donors (Lipinski definition) is 0. The molecule has 1 aliphatic heterocycles. The lowest BCUT2D eigenvalue weighted by molar-refractivity contribution is 0.169. The molecule has 5 nitrogen and oxygen atoms in total. The predicted octanol–water partition coefficient (Wildman–Crippen LogP) is 9.49. The lowest BCUT2D eigenvalue weighted by Gasteiger charge is -2.42. The summed E-state index contributed by atoms with van der Waals surface area (Å²) in [6, 6.07) is 18.1. The highest BCUT2D eigenvalue weighted by Crippen LogP contribution is 2.53. The minimum Gasteiger partial charge on any atom is -0.540 e. The van der Waals surface area contributed by atoms with E-state index >= 15 is 0 Å². The van der Waals surface area contributed by atoms with Crippen LogP contribution >= 0.6 is 15.9 Å². The van der Waals surface area contributed by atoms with E-state index in [1.165, 1.54) is 0 Å². The van der Waals surface area contributed by atoms with Crippen molar-refractivity contribution in [3.05, 3.63) is 75.8 Å². The van der Waals surface area contributed by atoms with Crippen LogP contribution in [0.1, 0.15) is 58.2 Å². The van der Waals surface area contributed by atoms with Gasteiger partial charge >= 0.3 is 0 Å². The van der Waals surface area contributed by atoms with Crippen LogP contribution in [-0.2, 0) is 6.61 Å². The third kappa shape index (κ3) is 6.15. The summed E-state index contributed by atoms with van der Waals surface area (Å²) in [6.07, 6.45) is 4.12. The van der Waals surface area contributed by atoms with E-state index in [9.17, 15) is 0 Å². The molecule has 0 spiro atoms. The monoisotopic (exact) mass is 610 g/mol. The Bertz CT molecular complexity index is 1280. The van der Waals surface area contributed by atoms with Crippen LogP contribution in [0.25, 0.3) is 12.2 Å². The molecule has 0 radical (unpaired) electrons. The second-order valence-electron chi connectivity index (χ2n) is 10.8. The smallest absolute Gasteiger partial charge is 0.258 e. The SMILES string of the molecule is COc1cc(/C=C/c2cc(OCc3ccccc3)ccc2Br)c(O[Si](C(C)C)(C(C)C)C(C)C)c2c1OCO2. The second kappa shape index (κ2) is 12.5. The normalized spacial score (nSPS) is 13.1. The summed E-state index contributed by atoms with van der Waals surface area (Å²) >= 11 is 3.70. The Kier molecular flexibility index (Phi) is 9.34.